The lowest BCUT2D eigenvalue weighted by Crippen LogP contribution is -2.10. The van der Waals surface area contributed by atoms with Crippen molar-refractivity contribution in [2.45, 2.75) is 33.6 Å². The molecular weight excluding hydrogens is 236 g/mol. The lowest BCUT2D eigenvalue weighted by Gasteiger charge is -2.12. The molecule has 2 heterocycles. The third-order valence-corrected chi connectivity index (χ3v) is 3.04. The second-order valence-electron chi connectivity index (χ2n) is 4.44. The Bertz CT molecular complexity index is 537. The molecule has 0 aliphatic carbocycles. The van der Waals surface area contributed by atoms with Crippen LogP contribution in [0.5, 0.6) is 0 Å². The van der Waals surface area contributed by atoms with Gasteiger partial charge in [0.2, 0.25) is 0 Å². The topological polar surface area (TPSA) is 50.7 Å². The molecule has 2 aromatic rings. The summed E-state index contributed by atoms with van der Waals surface area (Å²) < 4.78 is 0. The van der Waals surface area contributed by atoms with E-state index < -0.39 is 0 Å². The second kappa shape index (κ2) is 6.27. The van der Waals surface area contributed by atoms with E-state index in [1.54, 1.807) is 6.20 Å². The Balaban J connectivity index is 2.32. The average Bonchev–Trinajstić information content (AvgIpc) is 2.43. The van der Waals surface area contributed by atoms with Crippen LogP contribution in [0.3, 0.4) is 0 Å². The summed E-state index contributed by atoms with van der Waals surface area (Å²) in [5.41, 5.74) is 3.25. The molecule has 0 aromatic carbocycles. The number of hydrogen-bond donors (Lipinski definition) is 1. The van der Waals surface area contributed by atoms with Gasteiger partial charge in [-0.25, -0.2) is 9.97 Å². The lowest BCUT2D eigenvalue weighted by molar-refractivity contribution is 0.873. The molecule has 0 saturated carbocycles. The summed E-state index contributed by atoms with van der Waals surface area (Å²) in [5, 5.41) is 3.31. The molecule has 19 heavy (non-hydrogen) atoms. The van der Waals surface area contributed by atoms with Gasteiger partial charge in [0.15, 0.2) is 0 Å². The standard InChI is InChI=1S/C15H20N4/c1-4-13-11(3)15(16-5-2)19-14(18-13)10-12-8-6-7-9-17-12/h6-9H,4-5,10H2,1-3H3,(H,16,18,19). The van der Waals surface area contributed by atoms with Crippen LogP contribution < -0.4 is 5.32 Å². The fourth-order valence-electron chi connectivity index (χ4n) is 2.04. The Morgan fingerprint density at radius 1 is 1.16 bits per heavy atom. The van der Waals surface area contributed by atoms with Crippen LogP contribution >= 0.6 is 0 Å². The molecule has 4 nitrogen and oxygen atoms in total. The van der Waals surface area contributed by atoms with Crippen LogP contribution in [0.25, 0.3) is 0 Å². The SMILES string of the molecule is CCNc1nc(Cc2ccccn2)nc(CC)c1C. The molecular formula is C15H20N4. The van der Waals surface area contributed by atoms with Crippen LogP contribution in [0.15, 0.2) is 24.4 Å². The minimum Gasteiger partial charge on any atom is -0.370 e. The molecule has 0 spiro atoms. The number of rotatable bonds is 5. The summed E-state index contributed by atoms with van der Waals surface area (Å²) in [6.07, 6.45) is 3.39. The maximum Gasteiger partial charge on any atom is 0.136 e. The largest absolute Gasteiger partial charge is 0.370 e. The fourth-order valence-corrected chi connectivity index (χ4v) is 2.04. The highest BCUT2D eigenvalue weighted by Gasteiger charge is 2.09. The van der Waals surface area contributed by atoms with Crippen molar-refractivity contribution >= 4 is 5.82 Å². The lowest BCUT2D eigenvalue weighted by atomic mass is 10.1. The van der Waals surface area contributed by atoms with E-state index in [2.05, 4.69) is 41.0 Å². The normalized spacial score (nSPS) is 10.5. The number of pyridine rings is 1. The second-order valence-corrected chi connectivity index (χ2v) is 4.44. The predicted octanol–water partition coefficient (Wildman–Crippen LogP) is 2.77. The quantitative estimate of drug-likeness (QED) is 0.893. The zero-order valence-corrected chi connectivity index (χ0v) is 11.8. The van der Waals surface area contributed by atoms with E-state index in [9.17, 15) is 0 Å². The van der Waals surface area contributed by atoms with Crippen molar-refractivity contribution in [2.24, 2.45) is 0 Å². The first kappa shape index (κ1) is 13.5. The highest BCUT2D eigenvalue weighted by atomic mass is 15.0. The van der Waals surface area contributed by atoms with E-state index >= 15 is 0 Å². The van der Waals surface area contributed by atoms with Crippen LogP contribution in [0.4, 0.5) is 5.82 Å². The third kappa shape index (κ3) is 3.28. The first-order valence-electron chi connectivity index (χ1n) is 6.74. The Labute approximate surface area is 114 Å². The van der Waals surface area contributed by atoms with E-state index in [1.807, 2.05) is 18.2 Å². The molecule has 0 bridgehead atoms. The van der Waals surface area contributed by atoms with E-state index in [4.69, 9.17) is 0 Å². The van der Waals surface area contributed by atoms with Crippen LogP contribution in [0, 0.1) is 6.92 Å². The highest BCUT2D eigenvalue weighted by molar-refractivity contribution is 5.46. The van der Waals surface area contributed by atoms with E-state index in [0.29, 0.717) is 6.42 Å². The molecule has 0 atom stereocenters. The van der Waals surface area contributed by atoms with Gasteiger partial charge in [-0.3, -0.25) is 4.98 Å². The van der Waals surface area contributed by atoms with Gasteiger partial charge in [-0.1, -0.05) is 13.0 Å². The molecule has 2 rings (SSSR count). The zero-order chi connectivity index (χ0) is 13.7. The molecule has 4 heteroatoms. The predicted molar refractivity (Wildman–Crippen MR) is 77.4 cm³/mol. The van der Waals surface area contributed by atoms with Gasteiger partial charge in [-0.05, 0) is 32.4 Å². The minimum absolute atomic E-state index is 0.673. The Hall–Kier alpha value is -1.97. The van der Waals surface area contributed by atoms with E-state index in [0.717, 1.165) is 41.6 Å². The molecule has 2 aromatic heterocycles. The van der Waals surface area contributed by atoms with Crippen molar-refractivity contribution in [1.82, 2.24) is 15.0 Å². The number of nitrogens with one attached hydrogen (secondary N) is 1. The number of aromatic nitrogens is 3. The Morgan fingerprint density at radius 2 is 2.00 bits per heavy atom. The molecule has 0 radical (unpaired) electrons. The van der Waals surface area contributed by atoms with Crippen molar-refractivity contribution in [1.29, 1.82) is 0 Å². The van der Waals surface area contributed by atoms with Crippen molar-refractivity contribution < 1.29 is 0 Å². The monoisotopic (exact) mass is 256 g/mol. The summed E-state index contributed by atoms with van der Waals surface area (Å²) in [7, 11) is 0. The van der Waals surface area contributed by atoms with Gasteiger partial charge >= 0.3 is 0 Å². The molecule has 0 unspecified atom stereocenters. The highest BCUT2D eigenvalue weighted by Crippen LogP contribution is 2.17. The van der Waals surface area contributed by atoms with Crippen molar-refractivity contribution in [3.8, 4) is 0 Å². The van der Waals surface area contributed by atoms with Crippen LogP contribution in [0.1, 0.15) is 36.6 Å². The number of hydrogen-bond acceptors (Lipinski definition) is 4. The van der Waals surface area contributed by atoms with Gasteiger partial charge in [-0.2, -0.15) is 0 Å². The molecule has 0 aliphatic rings. The van der Waals surface area contributed by atoms with Gasteiger partial charge in [-0.15, -0.1) is 0 Å². The van der Waals surface area contributed by atoms with Gasteiger partial charge < -0.3 is 5.32 Å². The summed E-state index contributed by atoms with van der Waals surface area (Å²) in [4.78, 5) is 13.6. The van der Waals surface area contributed by atoms with Gasteiger partial charge in [0, 0.05) is 29.7 Å². The van der Waals surface area contributed by atoms with Crippen LogP contribution in [-0.4, -0.2) is 21.5 Å². The maximum atomic E-state index is 4.64. The van der Waals surface area contributed by atoms with Crippen LogP contribution in [0.2, 0.25) is 0 Å². The number of aryl methyl sites for hydroxylation is 1. The van der Waals surface area contributed by atoms with Crippen molar-refractivity contribution in [2.75, 3.05) is 11.9 Å². The molecule has 100 valence electrons. The minimum atomic E-state index is 0.673. The average molecular weight is 256 g/mol. The molecule has 0 fully saturated rings. The molecule has 0 aliphatic heterocycles. The van der Waals surface area contributed by atoms with E-state index in [1.165, 1.54) is 0 Å². The fraction of sp³-hybridized carbons (Fsp3) is 0.400. The molecule has 0 amide bonds. The summed E-state index contributed by atoms with van der Waals surface area (Å²) >= 11 is 0. The molecule has 0 saturated heterocycles. The zero-order valence-electron chi connectivity index (χ0n) is 11.8. The Morgan fingerprint density at radius 3 is 2.63 bits per heavy atom. The van der Waals surface area contributed by atoms with Crippen molar-refractivity contribution in [3.05, 3.63) is 47.2 Å². The first-order chi connectivity index (χ1) is 9.24. The third-order valence-electron chi connectivity index (χ3n) is 3.04. The van der Waals surface area contributed by atoms with Crippen LogP contribution in [-0.2, 0) is 12.8 Å². The smallest absolute Gasteiger partial charge is 0.136 e. The van der Waals surface area contributed by atoms with Gasteiger partial charge in [0.05, 0.1) is 6.42 Å². The number of anilines is 1. The maximum absolute atomic E-state index is 4.64. The number of nitrogens with zero attached hydrogens (tertiary/aromatic N) is 3. The summed E-state index contributed by atoms with van der Waals surface area (Å²) in [6, 6.07) is 5.91. The van der Waals surface area contributed by atoms with Gasteiger partial charge in [0.25, 0.3) is 0 Å². The van der Waals surface area contributed by atoms with E-state index in [-0.39, 0.29) is 0 Å². The summed E-state index contributed by atoms with van der Waals surface area (Å²) in [5.74, 6) is 1.78. The molecule has 1 N–H and O–H groups in total. The van der Waals surface area contributed by atoms with Crippen molar-refractivity contribution in [3.63, 3.8) is 0 Å². The first-order valence-corrected chi connectivity index (χ1v) is 6.74. The Kier molecular flexibility index (Phi) is 4.44. The summed E-state index contributed by atoms with van der Waals surface area (Å²) in [6.45, 7) is 7.13. The van der Waals surface area contributed by atoms with Gasteiger partial charge in [0.1, 0.15) is 11.6 Å².